The number of nitrogens with zero attached hydrogens (tertiary/aromatic N) is 3. The number of rotatable bonds is 6. The first-order valence-corrected chi connectivity index (χ1v) is 7.95. The molecule has 7 nitrogen and oxygen atoms in total. The van der Waals surface area contributed by atoms with Crippen LogP contribution >= 0.6 is 0 Å². The summed E-state index contributed by atoms with van der Waals surface area (Å²) < 4.78 is 2.57. The lowest BCUT2D eigenvalue weighted by molar-refractivity contribution is 0.475. The molecular formula is C17H22N4O3. The van der Waals surface area contributed by atoms with Gasteiger partial charge in [0.2, 0.25) is 0 Å². The average Bonchev–Trinajstić information content (AvgIpc) is 2.57. The number of nitrogens with two attached hydrogens (primary N) is 1. The quantitative estimate of drug-likeness (QED) is 0.789. The van der Waals surface area contributed by atoms with Crippen LogP contribution in [0.1, 0.15) is 32.3 Å². The summed E-state index contributed by atoms with van der Waals surface area (Å²) >= 11 is 0. The maximum atomic E-state index is 12.5. The lowest BCUT2D eigenvalue weighted by atomic mass is 10.2. The third-order valence-electron chi connectivity index (χ3n) is 3.57. The fourth-order valence-corrected chi connectivity index (χ4v) is 2.38. The minimum Gasteiger partial charge on any atom is -0.508 e. The highest BCUT2D eigenvalue weighted by molar-refractivity contribution is 5.83. The molecule has 2 aromatic rings. The molecule has 0 saturated heterocycles. The molecule has 1 heterocycles. The van der Waals surface area contributed by atoms with Gasteiger partial charge in [-0.25, -0.2) is 9.79 Å². The molecule has 1 aromatic carbocycles. The molecule has 0 radical (unpaired) electrons. The fraction of sp³-hybridized carbons (Fsp3) is 0.353. The number of hydrogen-bond acceptors (Lipinski definition) is 5. The third-order valence-corrected chi connectivity index (χ3v) is 3.57. The number of nitrogen functional groups attached to an aromatic ring is 1. The second-order valence-electron chi connectivity index (χ2n) is 5.47. The summed E-state index contributed by atoms with van der Waals surface area (Å²) in [5.41, 5.74) is 5.91. The number of benzene rings is 1. The van der Waals surface area contributed by atoms with Crippen LogP contribution in [-0.4, -0.2) is 20.5 Å². The number of aliphatic imine (C=N–C) groups is 1. The van der Waals surface area contributed by atoms with E-state index in [1.807, 2.05) is 13.8 Å². The van der Waals surface area contributed by atoms with Gasteiger partial charge in [0.05, 0.1) is 0 Å². The summed E-state index contributed by atoms with van der Waals surface area (Å²) in [7, 11) is 0. The Morgan fingerprint density at radius 1 is 1.08 bits per heavy atom. The van der Waals surface area contributed by atoms with Crippen LogP contribution in [0.25, 0.3) is 0 Å². The van der Waals surface area contributed by atoms with Crippen molar-refractivity contribution < 1.29 is 5.11 Å². The molecule has 24 heavy (non-hydrogen) atoms. The van der Waals surface area contributed by atoms with E-state index in [0.717, 1.165) is 6.42 Å². The first kappa shape index (κ1) is 17.5. The maximum Gasteiger partial charge on any atom is 0.332 e. The molecule has 128 valence electrons. The molecule has 0 aliphatic carbocycles. The molecule has 1 aromatic heterocycles. The second kappa shape index (κ2) is 7.63. The number of aromatic nitrogens is 2. The Hall–Kier alpha value is -2.83. The van der Waals surface area contributed by atoms with E-state index in [-0.39, 0.29) is 17.3 Å². The Balaban J connectivity index is 2.57. The van der Waals surface area contributed by atoms with E-state index in [1.54, 1.807) is 12.1 Å². The van der Waals surface area contributed by atoms with Crippen LogP contribution in [0.3, 0.4) is 0 Å². The molecule has 3 N–H and O–H groups in total. The van der Waals surface area contributed by atoms with Crippen LogP contribution in [-0.2, 0) is 13.1 Å². The number of phenolic OH excluding ortho intramolecular Hbond substituents is 1. The minimum atomic E-state index is -0.485. The predicted octanol–water partition coefficient (Wildman–Crippen LogP) is 1.87. The summed E-state index contributed by atoms with van der Waals surface area (Å²) in [5.74, 6) is 0.225. The Labute approximate surface area is 139 Å². The van der Waals surface area contributed by atoms with Crippen LogP contribution in [0.5, 0.6) is 5.75 Å². The van der Waals surface area contributed by atoms with Gasteiger partial charge in [-0.05, 0) is 42.7 Å². The van der Waals surface area contributed by atoms with Gasteiger partial charge in [-0.15, -0.1) is 0 Å². The molecule has 0 aliphatic heterocycles. The van der Waals surface area contributed by atoms with Gasteiger partial charge in [-0.3, -0.25) is 13.9 Å². The smallest absolute Gasteiger partial charge is 0.332 e. The molecule has 0 amide bonds. The molecule has 0 aliphatic rings. The zero-order valence-electron chi connectivity index (χ0n) is 13.9. The first-order valence-electron chi connectivity index (χ1n) is 7.95. The van der Waals surface area contributed by atoms with Crippen molar-refractivity contribution in [3.8, 4) is 5.75 Å². The van der Waals surface area contributed by atoms with Crippen molar-refractivity contribution in [3.63, 3.8) is 0 Å². The molecule has 2 rings (SSSR count). The van der Waals surface area contributed by atoms with Crippen molar-refractivity contribution in [1.82, 2.24) is 9.13 Å². The largest absolute Gasteiger partial charge is 0.508 e. The van der Waals surface area contributed by atoms with Crippen LogP contribution < -0.4 is 17.0 Å². The van der Waals surface area contributed by atoms with Crippen LogP contribution in [0.2, 0.25) is 0 Å². The maximum absolute atomic E-state index is 12.5. The van der Waals surface area contributed by atoms with Crippen molar-refractivity contribution in [2.45, 2.75) is 39.8 Å². The summed E-state index contributed by atoms with van der Waals surface area (Å²) in [6.45, 7) is 4.58. The summed E-state index contributed by atoms with van der Waals surface area (Å²) in [5, 5.41) is 9.30. The summed E-state index contributed by atoms with van der Waals surface area (Å²) in [6.07, 6.45) is 2.87. The standard InChI is InChI=1S/C17H22N4O3/c1-3-9-20-15(18)14(16(23)21(10-4-2)17(20)24)19-11-12-5-7-13(22)8-6-12/h5-8,11,22H,3-4,9-10,18H2,1-2H3. The van der Waals surface area contributed by atoms with E-state index >= 15 is 0 Å². The Morgan fingerprint density at radius 2 is 1.67 bits per heavy atom. The van der Waals surface area contributed by atoms with Crippen molar-refractivity contribution in [1.29, 1.82) is 0 Å². The normalized spacial score (nSPS) is 11.2. The van der Waals surface area contributed by atoms with Crippen molar-refractivity contribution in [3.05, 3.63) is 50.7 Å². The van der Waals surface area contributed by atoms with E-state index in [2.05, 4.69) is 4.99 Å². The van der Waals surface area contributed by atoms with E-state index in [9.17, 15) is 14.7 Å². The summed E-state index contributed by atoms with van der Waals surface area (Å²) in [4.78, 5) is 29.2. The Kier molecular flexibility index (Phi) is 5.57. The van der Waals surface area contributed by atoms with Gasteiger partial charge in [0.15, 0.2) is 5.69 Å². The molecule has 7 heteroatoms. The van der Waals surface area contributed by atoms with Gasteiger partial charge >= 0.3 is 5.69 Å². The number of aromatic hydroxyl groups is 1. The van der Waals surface area contributed by atoms with Gasteiger partial charge in [-0.2, -0.15) is 0 Å². The SMILES string of the molecule is CCCn1c(N)c(N=Cc2ccc(O)cc2)c(=O)n(CCC)c1=O. The zero-order chi connectivity index (χ0) is 17.7. The van der Waals surface area contributed by atoms with Crippen molar-refractivity contribution in [2.24, 2.45) is 4.99 Å². The average molecular weight is 330 g/mol. The second-order valence-corrected chi connectivity index (χ2v) is 5.47. The van der Waals surface area contributed by atoms with Gasteiger partial charge < -0.3 is 10.8 Å². The van der Waals surface area contributed by atoms with Crippen LogP contribution in [0.4, 0.5) is 11.5 Å². The molecule has 0 saturated carbocycles. The molecule has 0 fully saturated rings. The predicted molar refractivity (Wildman–Crippen MR) is 95.3 cm³/mol. The van der Waals surface area contributed by atoms with E-state index in [1.165, 1.54) is 27.5 Å². The molecule has 0 spiro atoms. The molecular weight excluding hydrogens is 308 g/mol. The lowest BCUT2D eigenvalue weighted by Gasteiger charge is -2.13. The molecule has 0 unspecified atom stereocenters. The first-order chi connectivity index (χ1) is 11.5. The van der Waals surface area contributed by atoms with Crippen molar-refractivity contribution >= 4 is 17.7 Å². The third kappa shape index (κ3) is 3.56. The van der Waals surface area contributed by atoms with E-state index < -0.39 is 11.2 Å². The molecule has 0 bridgehead atoms. The number of hydrogen-bond donors (Lipinski definition) is 2. The Bertz CT molecular complexity index is 848. The lowest BCUT2D eigenvalue weighted by Crippen LogP contribution is -2.41. The van der Waals surface area contributed by atoms with Crippen LogP contribution in [0.15, 0.2) is 38.8 Å². The monoisotopic (exact) mass is 330 g/mol. The highest BCUT2D eigenvalue weighted by Crippen LogP contribution is 2.16. The van der Waals surface area contributed by atoms with Gasteiger partial charge in [0, 0.05) is 19.3 Å². The number of anilines is 1. The highest BCUT2D eigenvalue weighted by atomic mass is 16.3. The minimum absolute atomic E-state index is 0.0598. The van der Waals surface area contributed by atoms with Gasteiger partial charge in [0.25, 0.3) is 5.56 Å². The zero-order valence-corrected chi connectivity index (χ0v) is 13.9. The topological polar surface area (TPSA) is 103 Å². The van der Waals surface area contributed by atoms with E-state index in [0.29, 0.717) is 25.1 Å². The summed E-state index contributed by atoms with van der Waals surface area (Å²) in [6, 6.07) is 6.39. The molecule has 0 atom stereocenters. The fourth-order valence-electron chi connectivity index (χ4n) is 2.38. The van der Waals surface area contributed by atoms with E-state index in [4.69, 9.17) is 5.73 Å². The van der Waals surface area contributed by atoms with Crippen molar-refractivity contribution in [2.75, 3.05) is 5.73 Å². The highest BCUT2D eigenvalue weighted by Gasteiger charge is 2.15. The van der Waals surface area contributed by atoms with Gasteiger partial charge in [0.1, 0.15) is 11.6 Å². The number of phenols is 1. The van der Waals surface area contributed by atoms with Crippen LogP contribution in [0, 0.1) is 0 Å². The Morgan fingerprint density at radius 3 is 2.25 bits per heavy atom. The van der Waals surface area contributed by atoms with Gasteiger partial charge in [-0.1, -0.05) is 13.8 Å².